The monoisotopic (exact) mass is 721 g/mol. The Morgan fingerprint density at radius 1 is 0.942 bits per heavy atom. The zero-order valence-corrected chi connectivity index (χ0v) is 33.2. The van der Waals surface area contributed by atoms with E-state index in [-0.39, 0.29) is 57.6 Å². The number of benzene rings is 1. The Bertz CT molecular complexity index is 1610. The number of carbonyl (C=O) groups is 3. The molecule has 5 aliphatic carbocycles. The van der Waals surface area contributed by atoms with Crippen LogP contribution in [0.15, 0.2) is 35.4 Å². The summed E-state index contributed by atoms with van der Waals surface area (Å²) in [5, 5.41) is 25.1. The minimum atomic E-state index is -1.17. The summed E-state index contributed by atoms with van der Waals surface area (Å²) in [4.78, 5) is 38.8. The molecule has 4 saturated carbocycles. The Hall–Kier alpha value is -2.58. The fourth-order valence-electron chi connectivity index (χ4n) is 13.1. The van der Waals surface area contributed by atoms with Gasteiger partial charge in [-0.15, -0.1) is 0 Å². The van der Waals surface area contributed by atoms with E-state index in [1.165, 1.54) is 17.7 Å². The molecule has 1 aromatic rings. The van der Waals surface area contributed by atoms with Crippen molar-refractivity contribution in [3.8, 4) is 0 Å². The van der Waals surface area contributed by atoms with Crippen LogP contribution in [0.2, 0.25) is 0 Å². The van der Waals surface area contributed by atoms with Crippen LogP contribution in [0, 0.1) is 62.0 Å². The van der Waals surface area contributed by atoms with Crippen LogP contribution in [0.25, 0.3) is 0 Å². The van der Waals surface area contributed by atoms with Crippen LogP contribution in [-0.2, 0) is 25.7 Å². The van der Waals surface area contributed by atoms with Crippen molar-refractivity contribution < 1.29 is 33.7 Å². The van der Waals surface area contributed by atoms with Crippen LogP contribution in [0.1, 0.15) is 132 Å². The number of ether oxygens (including phenoxy) is 1. The van der Waals surface area contributed by atoms with Crippen LogP contribution in [0.3, 0.4) is 0 Å². The molecule has 0 aromatic heterocycles. The van der Waals surface area contributed by atoms with E-state index >= 15 is 0 Å². The van der Waals surface area contributed by atoms with Gasteiger partial charge in [-0.05, 0) is 128 Å². The highest BCUT2D eigenvalue weighted by Gasteiger charge is 2.70. The molecule has 7 nitrogen and oxygen atoms in total. The summed E-state index contributed by atoms with van der Waals surface area (Å²) in [6.45, 7) is 20.4. The number of rotatable bonds is 10. The molecule has 1 unspecified atom stereocenters. The molecule has 0 aliphatic heterocycles. The first-order valence-electron chi connectivity index (χ1n) is 20.0. The van der Waals surface area contributed by atoms with Gasteiger partial charge in [-0.25, -0.2) is 4.39 Å². The first kappa shape index (κ1) is 39.1. The molecule has 5 aliphatic rings. The van der Waals surface area contributed by atoms with E-state index in [2.05, 4.69) is 53.8 Å². The van der Waals surface area contributed by atoms with Crippen molar-refractivity contribution in [3.05, 3.63) is 46.8 Å². The van der Waals surface area contributed by atoms with E-state index < -0.39 is 28.9 Å². The number of carbonyl (C=O) groups excluding carboxylic acids is 2. The second-order valence-corrected chi connectivity index (χ2v) is 19.8. The van der Waals surface area contributed by atoms with Gasteiger partial charge in [0.25, 0.3) is 0 Å². The summed E-state index contributed by atoms with van der Waals surface area (Å²) in [5.41, 5.74) is 1.22. The van der Waals surface area contributed by atoms with Gasteiger partial charge in [0.15, 0.2) is 5.78 Å². The first-order chi connectivity index (χ1) is 24.1. The van der Waals surface area contributed by atoms with E-state index in [0.717, 1.165) is 62.5 Å². The molecular formula is C44H64FNO6. The quantitative estimate of drug-likeness (QED) is 0.207. The fraction of sp³-hybridized carbons (Fsp3) is 0.750. The van der Waals surface area contributed by atoms with E-state index in [0.29, 0.717) is 31.3 Å². The van der Waals surface area contributed by atoms with Crippen molar-refractivity contribution >= 4 is 17.7 Å². The van der Waals surface area contributed by atoms with Crippen LogP contribution in [-0.4, -0.2) is 46.7 Å². The van der Waals surface area contributed by atoms with E-state index in [4.69, 9.17) is 4.74 Å². The summed E-state index contributed by atoms with van der Waals surface area (Å²) >= 11 is 0. The van der Waals surface area contributed by atoms with Gasteiger partial charge >= 0.3 is 11.9 Å². The van der Waals surface area contributed by atoms with Gasteiger partial charge in [0.1, 0.15) is 11.9 Å². The molecule has 0 radical (unpaired) electrons. The molecule has 4 fully saturated rings. The Morgan fingerprint density at radius 2 is 1.62 bits per heavy atom. The maximum atomic E-state index is 14.0. The molecule has 0 saturated heterocycles. The molecule has 0 spiro atoms. The second kappa shape index (κ2) is 13.3. The number of ketones is 1. The Morgan fingerprint density at radius 3 is 2.25 bits per heavy atom. The van der Waals surface area contributed by atoms with Gasteiger partial charge in [0, 0.05) is 30.3 Å². The van der Waals surface area contributed by atoms with Gasteiger partial charge in [0.2, 0.25) is 0 Å². The fourth-order valence-corrected chi connectivity index (χ4v) is 13.1. The normalized spacial score (nSPS) is 37.5. The van der Waals surface area contributed by atoms with E-state index in [1.54, 1.807) is 26.0 Å². The number of hydrogen-bond donors (Lipinski definition) is 3. The Kier molecular flexibility index (Phi) is 10.0. The summed E-state index contributed by atoms with van der Waals surface area (Å²) in [6.07, 6.45) is 6.91. The number of esters is 1. The average Bonchev–Trinajstić information content (AvgIpc) is 3.36. The highest BCUT2D eigenvalue weighted by Crippen LogP contribution is 2.77. The largest absolute Gasteiger partial charge is 0.481 e. The van der Waals surface area contributed by atoms with Gasteiger partial charge in [-0.1, -0.05) is 66.2 Å². The zero-order chi connectivity index (χ0) is 38.2. The average molecular weight is 722 g/mol. The lowest BCUT2D eigenvalue weighted by atomic mass is 9.33. The minimum absolute atomic E-state index is 0.0327. The maximum absolute atomic E-state index is 14.0. The van der Waals surface area contributed by atoms with Crippen LogP contribution < -0.4 is 5.32 Å². The predicted molar refractivity (Wildman–Crippen MR) is 199 cm³/mol. The number of hydrogen-bond acceptors (Lipinski definition) is 6. The summed E-state index contributed by atoms with van der Waals surface area (Å²) in [7, 11) is 0. The number of halogens is 1. The maximum Gasteiger partial charge on any atom is 0.309 e. The van der Waals surface area contributed by atoms with Crippen molar-refractivity contribution in [1.82, 2.24) is 5.32 Å². The molecule has 9 atom stereocenters. The van der Waals surface area contributed by atoms with Crippen molar-refractivity contribution in [3.63, 3.8) is 0 Å². The lowest BCUT2D eigenvalue weighted by Gasteiger charge is -2.72. The molecule has 3 N–H and O–H groups in total. The molecule has 8 heteroatoms. The predicted octanol–water partition coefficient (Wildman–Crippen LogP) is 8.67. The zero-order valence-electron chi connectivity index (χ0n) is 33.2. The number of Topliss-reactive ketones (excluding diaryl/α,β-unsaturated/α-hetero) is 1. The molecule has 1 aromatic carbocycles. The number of nitrogens with one attached hydrogen (secondary N) is 1. The molecule has 0 bridgehead atoms. The summed E-state index contributed by atoms with van der Waals surface area (Å²) in [5.74, 6) is -0.356. The topological polar surface area (TPSA) is 113 Å². The third-order valence-corrected chi connectivity index (χ3v) is 16.1. The number of aliphatic carboxylic acids is 1. The van der Waals surface area contributed by atoms with Crippen LogP contribution in [0.5, 0.6) is 0 Å². The minimum Gasteiger partial charge on any atom is -0.481 e. The lowest BCUT2D eigenvalue weighted by Crippen LogP contribution is -2.66. The van der Waals surface area contributed by atoms with Gasteiger partial charge < -0.3 is 20.3 Å². The number of fused-ring (bicyclic) bond motifs is 7. The highest BCUT2D eigenvalue weighted by atomic mass is 19.1. The van der Waals surface area contributed by atoms with Crippen LogP contribution >= 0.6 is 0 Å². The number of carboxylic acids is 1. The van der Waals surface area contributed by atoms with Crippen molar-refractivity contribution in [2.45, 2.75) is 145 Å². The lowest BCUT2D eigenvalue weighted by molar-refractivity contribution is -0.235. The summed E-state index contributed by atoms with van der Waals surface area (Å²) in [6, 6.07) is 6.44. The summed E-state index contributed by atoms with van der Waals surface area (Å²) < 4.78 is 19.6. The SMILES string of the molecule is CC(C)C1=C2[C@H]3CC[C@@H]4[C@@]5(C)CC[C@H](OC(=O)CC(C)(C)C(=O)O)C(C)(C)C5CC[C@@]4(C)[C@]3(C)CC[C@@]2([C@H](O)CNCc2ccc(F)cc2)CC1=O. The molecule has 6 rings (SSSR count). The van der Waals surface area contributed by atoms with Crippen molar-refractivity contribution in [2.75, 3.05) is 6.54 Å². The van der Waals surface area contributed by atoms with Crippen LogP contribution in [0.4, 0.5) is 4.39 Å². The van der Waals surface area contributed by atoms with Gasteiger partial charge in [-0.2, -0.15) is 0 Å². The number of aliphatic hydroxyl groups excluding tert-OH is 1. The number of allylic oxidation sites excluding steroid dienone is 1. The number of carboxylic acid groups (broad SMARTS) is 1. The first-order valence-corrected chi connectivity index (χ1v) is 20.0. The standard InChI is InChI=1S/C44H64FNO6/c1-26(2)36-30(47)22-44(33(48)25-46-24-27-10-12-28(45)13-11-27)21-20-42(8)29(37(36)44)14-15-32-41(7)18-17-34(52-35(49)23-39(3,4)38(50)51)40(5,6)31(41)16-19-43(32,42)9/h10-13,26,29,31-34,46,48H,14-25H2,1-9H3,(H,50,51)/t29-,31?,32-,33-,34+,41+,42-,43-,44+/m1/s1. The Balaban J connectivity index is 1.26. The molecule has 0 amide bonds. The third-order valence-electron chi connectivity index (χ3n) is 16.1. The van der Waals surface area contributed by atoms with Crippen molar-refractivity contribution in [1.29, 1.82) is 0 Å². The molecular weight excluding hydrogens is 657 g/mol. The van der Waals surface area contributed by atoms with E-state index in [1.807, 2.05) is 0 Å². The molecule has 288 valence electrons. The smallest absolute Gasteiger partial charge is 0.309 e. The van der Waals surface area contributed by atoms with Gasteiger partial charge in [0.05, 0.1) is 17.9 Å². The van der Waals surface area contributed by atoms with Gasteiger partial charge in [-0.3, -0.25) is 14.4 Å². The number of aliphatic hydroxyl groups is 1. The second-order valence-electron chi connectivity index (χ2n) is 19.8. The van der Waals surface area contributed by atoms with Crippen molar-refractivity contribution in [2.24, 2.45) is 56.2 Å². The molecule has 0 heterocycles. The Labute approximate surface area is 310 Å². The highest BCUT2D eigenvalue weighted by molar-refractivity contribution is 6.00. The third kappa shape index (κ3) is 6.01. The van der Waals surface area contributed by atoms with E-state index in [9.17, 15) is 29.0 Å². The molecule has 52 heavy (non-hydrogen) atoms.